The maximum Gasteiger partial charge on any atom is 0.151 e. The first-order valence-electron chi connectivity index (χ1n) is 6.30. The van der Waals surface area contributed by atoms with Gasteiger partial charge in [0.05, 0.1) is 11.4 Å². The second-order valence-corrected chi connectivity index (χ2v) is 4.92. The van der Waals surface area contributed by atoms with Crippen LogP contribution in [0.15, 0.2) is 36.7 Å². The average Bonchev–Trinajstić information content (AvgIpc) is 2.81. The summed E-state index contributed by atoms with van der Waals surface area (Å²) in [6, 6.07) is 6.92. The predicted molar refractivity (Wildman–Crippen MR) is 77.3 cm³/mol. The van der Waals surface area contributed by atoms with Crippen molar-refractivity contribution in [3.63, 3.8) is 0 Å². The summed E-state index contributed by atoms with van der Waals surface area (Å²) in [4.78, 5) is 8.38. The molecular formula is C15H13ClFN3. The van der Waals surface area contributed by atoms with Gasteiger partial charge in [-0.05, 0) is 36.2 Å². The van der Waals surface area contributed by atoms with Gasteiger partial charge in [-0.1, -0.05) is 6.07 Å². The van der Waals surface area contributed by atoms with Crippen LogP contribution in [0, 0.1) is 12.7 Å². The van der Waals surface area contributed by atoms with Gasteiger partial charge in [0.15, 0.2) is 5.82 Å². The van der Waals surface area contributed by atoms with Crippen molar-refractivity contribution in [1.29, 1.82) is 0 Å². The Kier molecular flexibility index (Phi) is 3.40. The zero-order chi connectivity index (χ0) is 14.1. The molecule has 3 nitrogen and oxygen atoms in total. The van der Waals surface area contributed by atoms with Gasteiger partial charge in [-0.3, -0.25) is 4.98 Å². The number of para-hydroxylation sites is 1. The Morgan fingerprint density at radius 2 is 2.15 bits per heavy atom. The van der Waals surface area contributed by atoms with E-state index in [1.54, 1.807) is 12.3 Å². The largest absolute Gasteiger partial charge is 0.322 e. The predicted octanol–water partition coefficient (Wildman–Crippen LogP) is 3.67. The van der Waals surface area contributed by atoms with Crippen LogP contribution in [0.4, 0.5) is 4.39 Å². The first kappa shape index (κ1) is 13.1. The summed E-state index contributed by atoms with van der Waals surface area (Å²) in [6.07, 6.45) is 3.57. The molecule has 1 aromatic carbocycles. The van der Waals surface area contributed by atoms with E-state index < -0.39 is 0 Å². The van der Waals surface area contributed by atoms with Crippen LogP contribution in [0.3, 0.4) is 0 Å². The van der Waals surface area contributed by atoms with Gasteiger partial charge in [0, 0.05) is 18.9 Å². The minimum absolute atomic E-state index is 0.248. The Labute approximate surface area is 121 Å². The Bertz CT molecular complexity index is 767. The molecule has 2 aromatic heterocycles. The maximum atomic E-state index is 13.8. The number of benzene rings is 1. The second kappa shape index (κ2) is 5.21. The molecule has 102 valence electrons. The lowest BCUT2D eigenvalue weighted by molar-refractivity contribution is 0.637. The van der Waals surface area contributed by atoms with Crippen LogP contribution < -0.4 is 0 Å². The summed E-state index contributed by atoms with van der Waals surface area (Å²) in [5, 5.41) is 0. The molecule has 0 aliphatic heterocycles. The number of alkyl halides is 1. The number of rotatable bonds is 3. The minimum Gasteiger partial charge on any atom is -0.322 e. The van der Waals surface area contributed by atoms with Gasteiger partial charge in [0.2, 0.25) is 0 Å². The maximum absolute atomic E-state index is 13.8. The van der Waals surface area contributed by atoms with Gasteiger partial charge >= 0.3 is 0 Å². The van der Waals surface area contributed by atoms with Crippen LogP contribution in [0.2, 0.25) is 0 Å². The van der Waals surface area contributed by atoms with Crippen molar-refractivity contribution in [3.8, 4) is 0 Å². The fourth-order valence-electron chi connectivity index (χ4n) is 2.29. The lowest BCUT2D eigenvalue weighted by Gasteiger charge is -2.10. The van der Waals surface area contributed by atoms with Crippen molar-refractivity contribution in [1.82, 2.24) is 14.5 Å². The van der Waals surface area contributed by atoms with E-state index in [-0.39, 0.29) is 11.7 Å². The molecule has 0 radical (unpaired) electrons. The van der Waals surface area contributed by atoms with E-state index in [0.29, 0.717) is 17.9 Å². The van der Waals surface area contributed by atoms with Crippen molar-refractivity contribution >= 4 is 22.6 Å². The highest BCUT2D eigenvalue weighted by Crippen LogP contribution is 2.22. The highest BCUT2D eigenvalue weighted by molar-refractivity contribution is 6.16. The summed E-state index contributed by atoms with van der Waals surface area (Å²) in [5.74, 6) is 0.597. The number of imidazole rings is 1. The average molecular weight is 290 g/mol. The SMILES string of the molecule is Cc1cnccc1Cn1c(CCl)nc2c(F)cccc21. The van der Waals surface area contributed by atoms with Gasteiger partial charge in [0.25, 0.3) is 0 Å². The summed E-state index contributed by atoms with van der Waals surface area (Å²) in [6.45, 7) is 2.61. The Balaban J connectivity index is 2.15. The van der Waals surface area contributed by atoms with E-state index in [0.717, 1.165) is 16.6 Å². The zero-order valence-electron chi connectivity index (χ0n) is 11.0. The van der Waals surface area contributed by atoms with Crippen LogP contribution in [-0.2, 0) is 12.4 Å². The van der Waals surface area contributed by atoms with E-state index in [1.165, 1.54) is 6.07 Å². The number of hydrogen-bond donors (Lipinski definition) is 0. The fourth-order valence-corrected chi connectivity index (χ4v) is 2.49. The third kappa shape index (κ3) is 2.16. The van der Waals surface area contributed by atoms with E-state index in [4.69, 9.17) is 11.6 Å². The van der Waals surface area contributed by atoms with E-state index in [1.807, 2.05) is 29.8 Å². The van der Waals surface area contributed by atoms with Crippen molar-refractivity contribution in [2.24, 2.45) is 0 Å². The molecule has 0 spiro atoms. The second-order valence-electron chi connectivity index (χ2n) is 4.66. The molecule has 5 heteroatoms. The van der Waals surface area contributed by atoms with Crippen LogP contribution in [-0.4, -0.2) is 14.5 Å². The standard InChI is InChI=1S/C15H13ClFN3/c1-10-8-18-6-5-11(10)9-20-13-4-2-3-12(17)15(13)19-14(20)7-16/h2-6,8H,7,9H2,1H3. The van der Waals surface area contributed by atoms with Gasteiger partial charge in [-0.15, -0.1) is 11.6 Å². The molecule has 0 amide bonds. The van der Waals surface area contributed by atoms with Gasteiger partial charge in [0.1, 0.15) is 11.3 Å². The summed E-state index contributed by atoms with van der Waals surface area (Å²) in [5.41, 5.74) is 3.34. The summed E-state index contributed by atoms with van der Waals surface area (Å²) in [7, 11) is 0. The number of aryl methyl sites for hydroxylation is 1. The lowest BCUT2D eigenvalue weighted by atomic mass is 10.1. The zero-order valence-corrected chi connectivity index (χ0v) is 11.7. The lowest BCUT2D eigenvalue weighted by Crippen LogP contribution is -2.05. The molecule has 3 aromatic rings. The van der Waals surface area contributed by atoms with Crippen molar-refractivity contribution < 1.29 is 4.39 Å². The fraction of sp³-hybridized carbons (Fsp3) is 0.200. The number of pyridine rings is 1. The highest BCUT2D eigenvalue weighted by atomic mass is 35.5. The number of nitrogens with zero attached hydrogens (tertiary/aromatic N) is 3. The van der Waals surface area contributed by atoms with E-state index >= 15 is 0 Å². The molecule has 0 aliphatic carbocycles. The Morgan fingerprint density at radius 3 is 2.90 bits per heavy atom. The monoisotopic (exact) mass is 289 g/mol. The molecule has 0 saturated carbocycles. The molecular weight excluding hydrogens is 277 g/mol. The third-order valence-electron chi connectivity index (χ3n) is 3.39. The molecule has 0 unspecified atom stereocenters. The quantitative estimate of drug-likeness (QED) is 0.689. The molecule has 0 bridgehead atoms. The normalized spacial score (nSPS) is 11.2. The molecule has 20 heavy (non-hydrogen) atoms. The smallest absolute Gasteiger partial charge is 0.151 e. The van der Waals surface area contributed by atoms with Crippen molar-refractivity contribution in [2.75, 3.05) is 0 Å². The summed E-state index contributed by atoms with van der Waals surface area (Å²) >= 11 is 5.94. The Morgan fingerprint density at radius 1 is 1.30 bits per heavy atom. The molecule has 3 rings (SSSR count). The highest BCUT2D eigenvalue weighted by Gasteiger charge is 2.13. The van der Waals surface area contributed by atoms with Gasteiger partial charge in [-0.25, -0.2) is 9.37 Å². The first-order valence-corrected chi connectivity index (χ1v) is 6.83. The van der Waals surface area contributed by atoms with Crippen LogP contribution >= 0.6 is 11.6 Å². The van der Waals surface area contributed by atoms with E-state index in [2.05, 4.69) is 9.97 Å². The summed E-state index contributed by atoms with van der Waals surface area (Å²) < 4.78 is 15.8. The molecule has 0 atom stereocenters. The third-order valence-corrected chi connectivity index (χ3v) is 3.63. The van der Waals surface area contributed by atoms with Crippen molar-refractivity contribution in [3.05, 3.63) is 59.4 Å². The van der Waals surface area contributed by atoms with Crippen LogP contribution in [0.5, 0.6) is 0 Å². The molecule has 0 fully saturated rings. The molecule has 0 N–H and O–H groups in total. The number of hydrogen-bond acceptors (Lipinski definition) is 2. The number of aromatic nitrogens is 3. The minimum atomic E-state index is -0.320. The Hall–Kier alpha value is -1.94. The van der Waals surface area contributed by atoms with Gasteiger partial charge < -0.3 is 4.57 Å². The number of fused-ring (bicyclic) bond motifs is 1. The first-order chi connectivity index (χ1) is 9.70. The van der Waals surface area contributed by atoms with Crippen molar-refractivity contribution in [2.45, 2.75) is 19.3 Å². The number of halogens is 2. The molecule has 2 heterocycles. The van der Waals surface area contributed by atoms with Crippen LogP contribution in [0.25, 0.3) is 11.0 Å². The van der Waals surface area contributed by atoms with E-state index in [9.17, 15) is 4.39 Å². The molecule has 0 aliphatic rings. The van der Waals surface area contributed by atoms with Gasteiger partial charge in [-0.2, -0.15) is 0 Å². The molecule has 0 saturated heterocycles. The topological polar surface area (TPSA) is 30.7 Å². The van der Waals surface area contributed by atoms with Crippen LogP contribution in [0.1, 0.15) is 17.0 Å².